The molecule has 3 aromatic rings. The maximum absolute atomic E-state index is 14.3. The van der Waals surface area contributed by atoms with Gasteiger partial charge in [-0.05, 0) is 76.4 Å². The van der Waals surface area contributed by atoms with Crippen molar-refractivity contribution in [2.75, 3.05) is 57.1 Å². The lowest BCUT2D eigenvalue weighted by Crippen LogP contribution is -2.60. The number of nitrogens with zero attached hydrogens (tertiary/aromatic N) is 6. The van der Waals surface area contributed by atoms with E-state index in [2.05, 4.69) is 15.6 Å². The molecule has 14 nitrogen and oxygen atoms in total. The standard InChI is InChI=1S/C38H50Cl2N7O7P/c1-6-53-55(5,52)25-35(49)46(18-16-33(48)29-22-27(39)14-15-31(29)47-24-34(40)42-43-47)30-13-8-7-9-17-41-36(50)32-23-44(37(51)54-38(2,3)4)19-20-45(32)28-12-10-11-26(30)21-28/h10-12,14-15,21-22,24,30,32H,6-9,13,16-20,23,25H2,1-5H3,(H,41,50)/t30-,32+,55?/m0/s1. The molecule has 0 aliphatic carbocycles. The van der Waals surface area contributed by atoms with Crippen LogP contribution < -0.4 is 10.2 Å². The Bertz CT molecular complexity index is 1920. The number of carbonyl (C=O) groups excluding carboxylic acids is 4. The van der Waals surface area contributed by atoms with Gasteiger partial charge in [-0.3, -0.25) is 18.9 Å². The van der Waals surface area contributed by atoms with E-state index < -0.39 is 37.1 Å². The lowest BCUT2D eigenvalue weighted by atomic mass is 9.96. The molecule has 1 aromatic heterocycles. The summed E-state index contributed by atoms with van der Waals surface area (Å²) in [5.74, 6) is -0.880. The molecule has 1 fully saturated rings. The number of fused-ring (bicyclic) bond motifs is 4. The molecule has 5 rings (SSSR count). The number of rotatable bonds is 10. The Morgan fingerprint density at radius 2 is 1.85 bits per heavy atom. The zero-order valence-corrected chi connectivity index (χ0v) is 34.4. The molecule has 0 radical (unpaired) electrons. The minimum absolute atomic E-state index is 0.0139. The van der Waals surface area contributed by atoms with Gasteiger partial charge in [0.15, 0.2) is 10.9 Å². The molecule has 1 N–H and O–H groups in total. The van der Waals surface area contributed by atoms with Crippen LogP contribution in [0.3, 0.4) is 0 Å². The highest BCUT2D eigenvalue weighted by Gasteiger charge is 2.37. The fourth-order valence-corrected chi connectivity index (χ4v) is 8.56. The van der Waals surface area contributed by atoms with Gasteiger partial charge in [0, 0.05) is 55.5 Å². The second-order valence-electron chi connectivity index (χ2n) is 14.9. The minimum atomic E-state index is -3.31. The van der Waals surface area contributed by atoms with Crippen molar-refractivity contribution in [3.05, 3.63) is 70.0 Å². The third-order valence-corrected chi connectivity index (χ3v) is 11.5. The van der Waals surface area contributed by atoms with Crippen molar-refractivity contribution in [2.24, 2.45) is 0 Å². The van der Waals surface area contributed by atoms with Crippen LogP contribution in [0.1, 0.15) is 81.8 Å². The molecule has 55 heavy (non-hydrogen) atoms. The van der Waals surface area contributed by atoms with E-state index in [-0.39, 0.29) is 54.7 Å². The average Bonchev–Trinajstić information content (AvgIpc) is 3.56. The van der Waals surface area contributed by atoms with Gasteiger partial charge in [-0.2, -0.15) is 0 Å². The SMILES string of the molecule is CCOP(C)(=O)CC(=O)N(CCC(=O)c1cc(Cl)ccc1-n1cc(Cl)nn1)[C@H]1CCCCCNC(=O)[C@H]2CN(C(=O)OC(C)(C)C)CCN2c2cccc1c2. The Hall–Kier alpha value is -3.97. The first kappa shape index (κ1) is 42.2. The third-order valence-electron chi connectivity index (χ3n) is 9.45. The number of ketones is 1. The Labute approximate surface area is 332 Å². The summed E-state index contributed by atoms with van der Waals surface area (Å²) in [6, 6.07) is 11.3. The summed E-state index contributed by atoms with van der Waals surface area (Å²) in [5.41, 5.74) is 1.58. The molecular formula is C38H50Cl2N7O7P. The molecule has 0 spiro atoms. The van der Waals surface area contributed by atoms with Crippen LogP contribution in [-0.4, -0.2) is 112 Å². The highest BCUT2D eigenvalue weighted by Crippen LogP contribution is 2.43. The van der Waals surface area contributed by atoms with E-state index in [0.29, 0.717) is 49.6 Å². The molecule has 2 aliphatic rings. The third kappa shape index (κ3) is 11.3. The number of carbonyl (C=O) groups is 4. The molecule has 0 saturated carbocycles. The summed E-state index contributed by atoms with van der Waals surface area (Å²) >= 11 is 12.4. The smallest absolute Gasteiger partial charge is 0.410 e. The number of benzene rings is 2. The van der Waals surface area contributed by atoms with Crippen LogP contribution in [0.4, 0.5) is 10.5 Å². The number of anilines is 1. The van der Waals surface area contributed by atoms with Crippen molar-refractivity contribution >= 4 is 59.9 Å². The Balaban J connectivity index is 1.49. The van der Waals surface area contributed by atoms with Gasteiger partial charge < -0.3 is 29.3 Å². The van der Waals surface area contributed by atoms with Gasteiger partial charge in [-0.15, -0.1) is 5.10 Å². The van der Waals surface area contributed by atoms with E-state index in [4.69, 9.17) is 32.5 Å². The predicted octanol–water partition coefficient (Wildman–Crippen LogP) is 6.78. The predicted molar refractivity (Wildman–Crippen MR) is 212 cm³/mol. The number of ether oxygens (including phenoxy) is 1. The van der Waals surface area contributed by atoms with Crippen LogP contribution in [0.15, 0.2) is 48.7 Å². The van der Waals surface area contributed by atoms with E-state index >= 15 is 0 Å². The molecule has 1 unspecified atom stereocenters. The van der Waals surface area contributed by atoms with Crippen molar-refractivity contribution in [3.63, 3.8) is 0 Å². The zero-order chi connectivity index (χ0) is 39.9. The van der Waals surface area contributed by atoms with Gasteiger partial charge in [-0.1, -0.05) is 53.4 Å². The summed E-state index contributed by atoms with van der Waals surface area (Å²) in [6.45, 7) is 10.1. The second-order valence-corrected chi connectivity index (χ2v) is 18.3. The first-order valence-electron chi connectivity index (χ1n) is 18.6. The number of aromatic nitrogens is 3. The first-order valence-corrected chi connectivity index (χ1v) is 21.6. The summed E-state index contributed by atoms with van der Waals surface area (Å²) in [6.07, 6.45) is 3.31. The number of nitrogens with one attached hydrogen (secondary N) is 1. The number of piperazine rings is 1. The van der Waals surface area contributed by atoms with Gasteiger partial charge in [0.25, 0.3) is 0 Å². The van der Waals surface area contributed by atoms with Gasteiger partial charge in [-0.25, -0.2) is 9.48 Å². The summed E-state index contributed by atoms with van der Waals surface area (Å²) in [5, 5.41) is 11.4. The molecule has 298 valence electrons. The lowest BCUT2D eigenvalue weighted by Gasteiger charge is -2.42. The summed E-state index contributed by atoms with van der Waals surface area (Å²) in [4.78, 5) is 60.2. The number of hydrogen-bond acceptors (Lipinski definition) is 10. The van der Waals surface area contributed by atoms with E-state index in [1.54, 1.807) is 55.7 Å². The fraction of sp³-hybridized carbons (Fsp3) is 0.526. The quantitative estimate of drug-likeness (QED) is 0.171. The number of hydrogen-bond donors (Lipinski definition) is 1. The van der Waals surface area contributed by atoms with Crippen molar-refractivity contribution in [1.29, 1.82) is 0 Å². The lowest BCUT2D eigenvalue weighted by molar-refractivity contribution is -0.131. The van der Waals surface area contributed by atoms with E-state index in [1.807, 2.05) is 29.2 Å². The zero-order valence-electron chi connectivity index (χ0n) is 32.0. The van der Waals surface area contributed by atoms with Gasteiger partial charge >= 0.3 is 6.09 Å². The largest absolute Gasteiger partial charge is 0.444 e. The van der Waals surface area contributed by atoms with Crippen LogP contribution in [0.5, 0.6) is 0 Å². The summed E-state index contributed by atoms with van der Waals surface area (Å²) < 4.78 is 26.0. The minimum Gasteiger partial charge on any atom is -0.444 e. The highest BCUT2D eigenvalue weighted by molar-refractivity contribution is 7.59. The van der Waals surface area contributed by atoms with Gasteiger partial charge in [0.2, 0.25) is 19.2 Å². The fourth-order valence-electron chi connectivity index (χ4n) is 6.95. The van der Waals surface area contributed by atoms with Gasteiger partial charge in [0.1, 0.15) is 17.8 Å². The number of halogens is 2. The van der Waals surface area contributed by atoms with Crippen molar-refractivity contribution in [1.82, 2.24) is 30.1 Å². The molecule has 3 heterocycles. The topological polar surface area (TPSA) is 156 Å². The maximum Gasteiger partial charge on any atom is 0.410 e. The van der Waals surface area contributed by atoms with Gasteiger partial charge in [0.05, 0.1) is 31.1 Å². The van der Waals surface area contributed by atoms with Crippen LogP contribution >= 0.6 is 30.6 Å². The maximum atomic E-state index is 14.3. The van der Waals surface area contributed by atoms with E-state index in [9.17, 15) is 23.7 Å². The normalized spacial score (nSPS) is 19.1. The summed E-state index contributed by atoms with van der Waals surface area (Å²) in [7, 11) is -3.31. The molecule has 2 bridgehead atoms. The Morgan fingerprint density at radius 3 is 2.56 bits per heavy atom. The molecule has 3 atom stereocenters. The second kappa shape index (κ2) is 18.3. The number of Topliss-reactive ketones (excluding diaryl/α,β-unsaturated/α-hetero) is 1. The highest BCUT2D eigenvalue weighted by atomic mass is 35.5. The van der Waals surface area contributed by atoms with E-state index in [0.717, 1.165) is 17.7 Å². The molecule has 1 saturated heterocycles. The molecule has 3 amide bonds. The molecule has 17 heteroatoms. The van der Waals surface area contributed by atoms with Crippen molar-refractivity contribution < 1.29 is 33.0 Å². The van der Waals surface area contributed by atoms with Crippen LogP contribution in [0, 0.1) is 0 Å². The van der Waals surface area contributed by atoms with E-state index in [1.165, 1.54) is 17.5 Å². The molecule has 2 aliphatic heterocycles. The number of amides is 3. The van der Waals surface area contributed by atoms with Crippen molar-refractivity contribution in [3.8, 4) is 5.69 Å². The van der Waals surface area contributed by atoms with Crippen LogP contribution in [-0.2, 0) is 23.4 Å². The Kier molecular flexibility index (Phi) is 14.0. The molecule has 2 aromatic carbocycles. The Morgan fingerprint density at radius 1 is 1.07 bits per heavy atom. The van der Waals surface area contributed by atoms with Crippen LogP contribution in [0.2, 0.25) is 10.2 Å². The average molecular weight is 819 g/mol. The van der Waals surface area contributed by atoms with Crippen LogP contribution in [0.25, 0.3) is 5.69 Å². The van der Waals surface area contributed by atoms with Crippen molar-refractivity contribution in [2.45, 2.75) is 77.5 Å². The molecular weight excluding hydrogens is 768 g/mol. The first-order chi connectivity index (χ1) is 26.0. The monoisotopic (exact) mass is 817 g/mol.